The van der Waals surface area contributed by atoms with E-state index in [0.29, 0.717) is 31.8 Å². The summed E-state index contributed by atoms with van der Waals surface area (Å²) in [5, 5.41) is 18.9. The fourth-order valence-electron chi connectivity index (χ4n) is 2.82. The summed E-state index contributed by atoms with van der Waals surface area (Å²) in [6.07, 6.45) is 1.28. The quantitative estimate of drug-likeness (QED) is 0.872. The van der Waals surface area contributed by atoms with Crippen LogP contribution in [0, 0.1) is 0 Å². The Morgan fingerprint density at radius 1 is 1.17 bits per heavy atom. The molecule has 1 aliphatic heterocycles. The number of aliphatic carboxylic acids is 1. The van der Waals surface area contributed by atoms with Crippen molar-refractivity contribution in [2.24, 2.45) is 0 Å². The minimum absolute atomic E-state index is 0.0189. The molecule has 2 rings (SSSR count). The molecule has 126 valence electrons. The number of rotatable bonds is 5. The molecule has 1 saturated heterocycles. The van der Waals surface area contributed by atoms with E-state index in [1.165, 1.54) is 5.56 Å². The van der Waals surface area contributed by atoms with Crippen LogP contribution in [0.2, 0.25) is 0 Å². The van der Waals surface area contributed by atoms with Crippen molar-refractivity contribution in [3.8, 4) is 0 Å². The number of aliphatic hydroxyl groups is 1. The second kappa shape index (κ2) is 7.13. The van der Waals surface area contributed by atoms with Crippen molar-refractivity contribution < 1.29 is 19.8 Å². The fourth-order valence-corrected chi connectivity index (χ4v) is 2.82. The van der Waals surface area contributed by atoms with Crippen molar-refractivity contribution in [1.82, 2.24) is 4.90 Å². The molecule has 1 fully saturated rings. The first-order valence-corrected chi connectivity index (χ1v) is 8.14. The van der Waals surface area contributed by atoms with Gasteiger partial charge in [-0.1, -0.05) is 38.1 Å². The van der Waals surface area contributed by atoms with Gasteiger partial charge >= 0.3 is 5.97 Å². The van der Waals surface area contributed by atoms with E-state index in [4.69, 9.17) is 5.11 Å². The molecular weight excluding hydrogens is 294 g/mol. The van der Waals surface area contributed by atoms with Gasteiger partial charge in [-0.05, 0) is 23.5 Å². The number of carbonyl (C=O) groups is 2. The molecular formula is C18H25NO4. The molecule has 0 radical (unpaired) electrons. The highest BCUT2D eigenvalue weighted by atomic mass is 16.4. The van der Waals surface area contributed by atoms with Crippen LogP contribution in [0.15, 0.2) is 24.3 Å². The predicted octanol–water partition coefficient (Wildman–Crippen LogP) is 2.18. The Balaban J connectivity index is 1.83. The average Bonchev–Trinajstić information content (AvgIpc) is 2.53. The average molecular weight is 319 g/mol. The molecule has 0 unspecified atom stereocenters. The summed E-state index contributed by atoms with van der Waals surface area (Å²) in [5.74, 6) is -0.688. The van der Waals surface area contributed by atoms with Gasteiger partial charge in [0.05, 0.1) is 0 Å². The van der Waals surface area contributed by atoms with E-state index in [-0.39, 0.29) is 18.7 Å². The molecule has 1 amide bonds. The maximum atomic E-state index is 12.2. The highest BCUT2D eigenvalue weighted by Crippen LogP contribution is 2.23. The number of carboxylic acids is 1. The molecule has 5 nitrogen and oxygen atoms in total. The maximum Gasteiger partial charge on any atom is 0.335 e. The Labute approximate surface area is 136 Å². The van der Waals surface area contributed by atoms with Gasteiger partial charge in [0.2, 0.25) is 5.91 Å². The third-order valence-corrected chi connectivity index (χ3v) is 4.62. The topological polar surface area (TPSA) is 77.8 Å². The maximum absolute atomic E-state index is 12.2. The van der Waals surface area contributed by atoms with Crippen LogP contribution < -0.4 is 0 Å². The van der Waals surface area contributed by atoms with Crippen LogP contribution in [-0.2, 0) is 16.0 Å². The minimum Gasteiger partial charge on any atom is -0.479 e. The van der Waals surface area contributed by atoms with Crippen molar-refractivity contribution in [3.05, 3.63) is 35.4 Å². The minimum atomic E-state index is -1.68. The van der Waals surface area contributed by atoms with Gasteiger partial charge < -0.3 is 15.1 Å². The van der Waals surface area contributed by atoms with Gasteiger partial charge in [-0.2, -0.15) is 0 Å². The molecule has 23 heavy (non-hydrogen) atoms. The van der Waals surface area contributed by atoms with Gasteiger partial charge in [0.15, 0.2) is 5.60 Å². The zero-order valence-electron chi connectivity index (χ0n) is 13.8. The Kier molecular flexibility index (Phi) is 5.42. The first-order chi connectivity index (χ1) is 10.8. The molecule has 1 aromatic rings. The Hall–Kier alpha value is -1.88. The van der Waals surface area contributed by atoms with E-state index in [1.807, 2.05) is 0 Å². The molecule has 1 aliphatic rings. The lowest BCUT2D eigenvalue weighted by Crippen LogP contribution is -2.50. The van der Waals surface area contributed by atoms with Gasteiger partial charge in [-0.25, -0.2) is 4.79 Å². The van der Waals surface area contributed by atoms with Crippen LogP contribution in [0.4, 0.5) is 0 Å². The normalized spacial score (nSPS) is 17.3. The molecule has 0 atom stereocenters. The molecule has 0 saturated carbocycles. The lowest BCUT2D eigenvalue weighted by Gasteiger charge is -2.35. The number of carbonyl (C=O) groups excluding carboxylic acids is 1. The zero-order valence-corrected chi connectivity index (χ0v) is 13.8. The fraction of sp³-hybridized carbons (Fsp3) is 0.556. The molecule has 5 heteroatoms. The standard InChI is InChI=1S/C18H25NO4/c1-13(2)15-6-3-14(4-7-15)5-8-16(20)19-11-9-18(23,10-12-19)17(21)22/h3-4,6-7,13,23H,5,8-12H2,1-2H3,(H,21,22). The second-order valence-electron chi connectivity index (χ2n) is 6.61. The van der Waals surface area contributed by atoms with Crippen LogP contribution in [-0.4, -0.2) is 45.7 Å². The van der Waals surface area contributed by atoms with Crippen LogP contribution in [0.3, 0.4) is 0 Å². The number of likely N-dealkylation sites (tertiary alicyclic amines) is 1. The van der Waals surface area contributed by atoms with E-state index in [1.54, 1.807) is 4.90 Å². The highest BCUT2D eigenvalue weighted by molar-refractivity contribution is 5.79. The first-order valence-electron chi connectivity index (χ1n) is 8.14. The van der Waals surface area contributed by atoms with E-state index in [0.717, 1.165) is 5.56 Å². The van der Waals surface area contributed by atoms with Gasteiger partial charge in [-0.3, -0.25) is 4.79 Å². The number of aryl methyl sites for hydroxylation is 1. The largest absolute Gasteiger partial charge is 0.479 e. The van der Waals surface area contributed by atoms with E-state index >= 15 is 0 Å². The van der Waals surface area contributed by atoms with Gasteiger partial charge in [-0.15, -0.1) is 0 Å². The Morgan fingerprint density at radius 3 is 2.22 bits per heavy atom. The number of nitrogens with zero attached hydrogens (tertiary/aromatic N) is 1. The van der Waals surface area contributed by atoms with Crippen molar-refractivity contribution in [2.75, 3.05) is 13.1 Å². The summed E-state index contributed by atoms with van der Waals surface area (Å²) in [4.78, 5) is 24.9. The lowest BCUT2D eigenvalue weighted by atomic mass is 9.91. The third kappa shape index (κ3) is 4.32. The van der Waals surface area contributed by atoms with Crippen molar-refractivity contribution >= 4 is 11.9 Å². The SMILES string of the molecule is CC(C)c1ccc(CCC(=O)N2CCC(O)(C(=O)O)CC2)cc1. The highest BCUT2D eigenvalue weighted by Gasteiger charge is 2.40. The summed E-state index contributed by atoms with van der Waals surface area (Å²) in [5.41, 5.74) is 0.731. The molecule has 0 spiro atoms. The Morgan fingerprint density at radius 2 is 1.74 bits per heavy atom. The van der Waals surface area contributed by atoms with E-state index < -0.39 is 11.6 Å². The molecule has 0 aliphatic carbocycles. The number of hydrogen-bond donors (Lipinski definition) is 2. The summed E-state index contributed by atoms with van der Waals surface area (Å²) in [7, 11) is 0. The number of hydrogen-bond acceptors (Lipinski definition) is 3. The second-order valence-corrected chi connectivity index (χ2v) is 6.61. The van der Waals surface area contributed by atoms with Crippen LogP contribution in [0.1, 0.15) is 50.2 Å². The molecule has 2 N–H and O–H groups in total. The monoisotopic (exact) mass is 319 g/mol. The van der Waals surface area contributed by atoms with Gasteiger partial charge in [0, 0.05) is 32.4 Å². The third-order valence-electron chi connectivity index (χ3n) is 4.62. The molecule has 1 aromatic carbocycles. The molecule has 0 aromatic heterocycles. The van der Waals surface area contributed by atoms with Crippen LogP contribution in [0.5, 0.6) is 0 Å². The summed E-state index contributed by atoms with van der Waals surface area (Å²) in [6, 6.07) is 8.31. The number of amides is 1. The van der Waals surface area contributed by atoms with Crippen molar-refractivity contribution in [3.63, 3.8) is 0 Å². The number of piperidine rings is 1. The summed E-state index contributed by atoms with van der Waals surface area (Å²) >= 11 is 0. The van der Waals surface area contributed by atoms with E-state index in [9.17, 15) is 14.7 Å². The number of carboxylic acid groups (broad SMARTS) is 1. The Bertz CT molecular complexity index is 557. The molecule has 0 bridgehead atoms. The summed E-state index contributed by atoms with van der Waals surface area (Å²) in [6.45, 7) is 4.89. The first kappa shape index (κ1) is 17.5. The zero-order chi connectivity index (χ0) is 17.0. The van der Waals surface area contributed by atoms with Crippen molar-refractivity contribution in [1.29, 1.82) is 0 Å². The van der Waals surface area contributed by atoms with Gasteiger partial charge in [0.25, 0.3) is 0 Å². The van der Waals surface area contributed by atoms with E-state index in [2.05, 4.69) is 38.1 Å². The van der Waals surface area contributed by atoms with Crippen LogP contribution >= 0.6 is 0 Å². The van der Waals surface area contributed by atoms with Crippen LogP contribution in [0.25, 0.3) is 0 Å². The molecule has 1 heterocycles. The summed E-state index contributed by atoms with van der Waals surface area (Å²) < 4.78 is 0. The predicted molar refractivity (Wildman–Crippen MR) is 87.3 cm³/mol. The number of benzene rings is 1. The van der Waals surface area contributed by atoms with Gasteiger partial charge in [0.1, 0.15) is 0 Å². The smallest absolute Gasteiger partial charge is 0.335 e. The van der Waals surface area contributed by atoms with Crippen molar-refractivity contribution in [2.45, 2.75) is 51.0 Å². The lowest BCUT2D eigenvalue weighted by molar-refractivity contribution is -0.165.